The highest BCUT2D eigenvalue weighted by molar-refractivity contribution is 7.21. The van der Waals surface area contributed by atoms with Gasteiger partial charge in [0, 0.05) is 27.2 Å². The van der Waals surface area contributed by atoms with E-state index in [2.05, 4.69) is 15.6 Å². The molecule has 0 saturated heterocycles. The molecule has 0 bridgehead atoms. The number of aryl methyl sites for hydroxylation is 3. The van der Waals surface area contributed by atoms with Crippen LogP contribution in [0.4, 0.5) is 21.5 Å². The Morgan fingerprint density at radius 1 is 0.973 bits per heavy atom. The molecule has 0 unspecified atom stereocenters. The van der Waals surface area contributed by atoms with Crippen molar-refractivity contribution in [2.45, 2.75) is 20.8 Å². The second-order valence-electron chi connectivity index (χ2n) is 8.68. The first kappa shape index (κ1) is 24.6. The van der Waals surface area contributed by atoms with Gasteiger partial charge in [-0.15, -0.1) is 22.7 Å². The zero-order valence-electron chi connectivity index (χ0n) is 20.3. The number of nitrogens with two attached hydrogens (primary N) is 1. The Hall–Kier alpha value is -4.08. The van der Waals surface area contributed by atoms with Crippen molar-refractivity contribution in [1.29, 1.82) is 0 Å². The Bertz CT molecular complexity index is 1660. The van der Waals surface area contributed by atoms with Crippen molar-refractivity contribution in [2.75, 3.05) is 16.4 Å². The Morgan fingerprint density at radius 3 is 2.41 bits per heavy atom. The van der Waals surface area contributed by atoms with Crippen LogP contribution >= 0.6 is 22.7 Å². The SMILES string of the molecule is Cc1ccc(NC(=O)c2c(C)nc3sc(C(=O)Nc4ccc(F)cc4)c(N)c3c2-c2cccs2)c(C)c1. The van der Waals surface area contributed by atoms with Crippen LogP contribution in [0, 0.1) is 26.6 Å². The number of hydrogen-bond donors (Lipinski definition) is 3. The standard InChI is InChI=1S/C28H23FN4O2S2/c1-14-6-11-19(15(2)13-14)33-26(34)21-16(3)31-28-23(22(21)20-5-4-12-36-20)24(30)25(37-28)27(35)32-18-9-7-17(29)8-10-18/h4-13H,30H2,1-3H3,(H,32,35)(H,33,34). The van der Waals surface area contributed by atoms with E-state index >= 15 is 0 Å². The van der Waals surface area contributed by atoms with E-state index in [4.69, 9.17) is 5.73 Å². The molecule has 0 aliphatic carbocycles. The van der Waals surface area contributed by atoms with Gasteiger partial charge in [-0.05, 0) is 68.1 Å². The molecule has 5 aromatic rings. The third-order valence-electron chi connectivity index (χ3n) is 5.99. The summed E-state index contributed by atoms with van der Waals surface area (Å²) in [5, 5.41) is 8.27. The van der Waals surface area contributed by atoms with Crippen molar-refractivity contribution in [3.8, 4) is 10.4 Å². The number of amides is 2. The summed E-state index contributed by atoms with van der Waals surface area (Å²) in [7, 11) is 0. The Kier molecular flexibility index (Phi) is 6.49. The summed E-state index contributed by atoms with van der Waals surface area (Å²) in [5.74, 6) is -1.13. The minimum Gasteiger partial charge on any atom is -0.397 e. The van der Waals surface area contributed by atoms with Gasteiger partial charge in [0.05, 0.1) is 16.9 Å². The predicted molar refractivity (Wildman–Crippen MR) is 150 cm³/mol. The summed E-state index contributed by atoms with van der Waals surface area (Å²) in [6, 6.07) is 15.1. The summed E-state index contributed by atoms with van der Waals surface area (Å²) >= 11 is 2.64. The lowest BCUT2D eigenvalue weighted by molar-refractivity contribution is 0.102. The van der Waals surface area contributed by atoms with Crippen LogP contribution in [0.3, 0.4) is 0 Å². The highest BCUT2D eigenvalue weighted by Crippen LogP contribution is 2.43. The van der Waals surface area contributed by atoms with Gasteiger partial charge in [-0.3, -0.25) is 9.59 Å². The molecule has 0 radical (unpaired) electrons. The minimum atomic E-state index is -0.428. The second-order valence-corrected chi connectivity index (χ2v) is 10.6. The van der Waals surface area contributed by atoms with Crippen LogP contribution in [0.2, 0.25) is 0 Å². The number of thiophene rings is 2. The third-order valence-corrected chi connectivity index (χ3v) is 7.98. The lowest BCUT2D eigenvalue weighted by Crippen LogP contribution is -2.16. The van der Waals surface area contributed by atoms with Gasteiger partial charge >= 0.3 is 0 Å². The van der Waals surface area contributed by atoms with Crippen molar-refractivity contribution in [3.63, 3.8) is 0 Å². The zero-order chi connectivity index (χ0) is 26.3. The molecule has 0 saturated carbocycles. The van der Waals surface area contributed by atoms with E-state index < -0.39 is 11.7 Å². The summed E-state index contributed by atoms with van der Waals surface area (Å²) in [5.41, 5.74) is 11.6. The Labute approximate surface area is 221 Å². The molecule has 6 nitrogen and oxygen atoms in total. The maximum absolute atomic E-state index is 13.7. The number of pyridine rings is 1. The van der Waals surface area contributed by atoms with Crippen LogP contribution < -0.4 is 16.4 Å². The van der Waals surface area contributed by atoms with Gasteiger partial charge in [-0.1, -0.05) is 23.8 Å². The molecule has 0 spiro atoms. The largest absolute Gasteiger partial charge is 0.397 e. The maximum Gasteiger partial charge on any atom is 0.267 e. The quantitative estimate of drug-likeness (QED) is 0.224. The van der Waals surface area contributed by atoms with E-state index in [-0.39, 0.29) is 16.5 Å². The number of nitrogen functional groups attached to an aromatic ring is 1. The van der Waals surface area contributed by atoms with Crippen molar-refractivity contribution < 1.29 is 14.0 Å². The number of hydrogen-bond acceptors (Lipinski definition) is 6. The van der Waals surface area contributed by atoms with Crippen LogP contribution in [0.1, 0.15) is 36.9 Å². The fourth-order valence-electron chi connectivity index (χ4n) is 4.24. The normalized spacial score (nSPS) is 11.0. The molecular formula is C28H23FN4O2S2. The number of aromatic nitrogens is 1. The lowest BCUT2D eigenvalue weighted by Gasteiger charge is -2.15. The number of nitrogens with zero attached hydrogens (tertiary/aromatic N) is 1. The number of carbonyl (C=O) groups is 2. The van der Waals surface area contributed by atoms with Crippen molar-refractivity contribution in [2.24, 2.45) is 0 Å². The number of rotatable bonds is 5. The van der Waals surface area contributed by atoms with E-state index in [9.17, 15) is 14.0 Å². The molecule has 37 heavy (non-hydrogen) atoms. The van der Waals surface area contributed by atoms with Gasteiger partial charge in [0.25, 0.3) is 11.8 Å². The van der Waals surface area contributed by atoms with E-state index in [0.29, 0.717) is 38.4 Å². The van der Waals surface area contributed by atoms with Crippen LogP contribution in [-0.2, 0) is 0 Å². The summed E-state index contributed by atoms with van der Waals surface area (Å²) in [4.78, 5) is 33.1. The number of benzene rings is 2. The molecule has 0 atom stereocenters. The van der Waals surface area contributed by atoms with Gasteiger partial charge in [0.1, 0.15) is 15.5 Å². The highest BCUT2D eigenvalue weighted by Gasteiger charge is 2.27. The molecule has 0 fully saturated rings. The smallest absolute Gasteiger partial charge is 0.267 e. The Balaban J connectivity index is 1.63. The summed E-state index contributed by atoms with van der Waals surface area (Å²) in [6.45, 7) is 5.72. The molecule has 5 rings (SSSR count). The van der Waals surface area contributed by atoms with Crippen molar-refractivity contribution >= 4 is 61.8 Å². The average molecular weight is 531 g/mol. The number of nitrogens with one attached hydrogen (secondary N) is 2. The van der Waals surface area contributed by atoms with E-state index in [1.54, 1.807) is 6.92 Å². The Morgan fingerprint density at radius 2 is 1.73 bits per heavy atom. The average Bonchev–Trinajstić information content (AvgIpc) is 3.50. The second kappa shape index (κ2) is 9.76. The number of halogens is 1. The first-order valence-electron chi connectivity index (χ1n) is 11.4. The van der Waals surface area contributed by atoms with Crippen LogP contribution in [-0.4, -0.2) is 16.8 Å². The van der Waals surface area contributed by atoms with Crippen LogP contribution in [0.5, 0.6) is 0 Å². The van der Waals surface area contributed by atoms with Crippen molar-refractivity contribution in [1.82, 2.24) is 4.98 Å². The van der Waals surface area contributed by atoms with Crippen molar-refractivity contribution in [3.05, 3.63) is 93.1 Å². The number of carbonyl (C=O) groups excluding carboxylic acids is 2. The summed E-state index contributed by atoms with van der Waals surface area (Å²) in [6.07, 6.45) is 0. The van der Waals surface area contributed by atoms with Crippen LogP contribution in [0.25, 0.3) is 20.7 Å². The van der Waals surface area contributed by atoms with E-state index in [0.717, 1.165) is 27.3 Å². The predicted octanol–water partition coefficient (Wildman–Crippen LogP) is 7.18. The highest BCUT2D eigenvalue weighted by atomic mass is 32.1. The van der Waals surface area contributed by atoms with Gasteiger partial charge in [0.15, 0.2) is 0 Å². The lowest BCUT2D eigenvalue weighted by atomic mass is 9.99. The topological polar surface area (TPSA) is 97.1 Å². The maximum atomic E-state index is 13.7. The molecule has 2 aromatic carbocycles. The first-order chi connectivity index (χ1) is 17.7. The van der Waals surface area contributed by atoms with Gasteiger partial charge in [-0.25, -0.2) is 9.37 Å². The summed E-state index contributed by atoms with van der Waals surface area (Å²) < 4.78 is 13.3. The molecule has 2 amide bonds. The molecule has 0 aliphatic rings. The van der Waals surface area contributed by atoms with Gasteiger partial charge < -0.3 is 16.4 Å². The van der Waals surface area contributed by atoms with Gasteiger partial charge in [0.2, 0.25) is 0 Å². The monoisotopic (exact) mass is 530 g/mol. The third kappa shape index (κ3) is 4.71. The minimum absolute atomic E-state index is 0.246. The molecule has 9 heteroatoms. The van der Waals surface area contributed by atoms with Gasteiger partial charge in [-0.2, -0.15) is 0 Å². The molecule has 4 N–H and O–H groups in total. The fourth-order valence-corrected chi connectivity index (χ4v) is 6.07. The zero-order valence-corrected chi connectivity index (χ0v) is 21.9. The fraction of sp³-hybridized carbons (Fsp3) is 0.107. The molecule has 0 aliphatic heterocycles. The van der Waals surface area contributed by atoms with Crippen LogP contribution in [0.15, 0.2) is 60.0 Å². The van der Waals surface area contributed by atoms with E-state index in [1.165, 1.54) is 35.6 Å². The van der Waals surface area contributed by atoms with E-state index in [1.807, 2.05) is 49.6 Å². The number of anilines is 3. The molecule has 3 heterocycles. The molecular weight excluding hydrogens is 507 g/mol. The molecule has 186 valence electrons. The first-order valence-corrected chi connectivity index (χ1v) is 13.1. The number of fused-ring (bicyclic) bond motifs is 1. The molecule has 3 aromatic heterocycles.